The van der Waals surface area contributed by atoms with Gasteiger partial charge in [-0.3, -0.25) is 14.5 Å². The zero-order chi connectivity index (χ0) is 25.5. The number of fused-ring (bicyclic) bond motifs is 1. The van der Waals surface area contributed by atoms with Gasteiger partial charge in [0.05, 0.1) is 23.8 Å². The number of rotatable bonds is 19. The van der Waals surface area contributed by atoms with Gasteiger partial charge in [0.2, 0.25) is 0 Å². The number of amides is 2. The lowest BCUT2D eigenvalue weighted by Gasteiger charge is -2.31. The molecule has 0 aliphatic carbocycles. The van der Waals surface area contributed by atoms with Crippen molar-refractivity contribution in [2.45, 2.75) is 95.8 Å². The van der Waals surface area contributed by atoms with Gasteiger partial charge < -0.3 is 19.7 Å². The van der Waals surface area contributed by atoms with Gasteiger partial charge in [0.25, 0.3) is 11.8 Å². The van der Waals surface area contributed by atoms with Crippen molar-refractivity contribution in [1.29, 1.82) is 0 Å². The van der Waals surface area contributed by atoms with E-state index in [0.717, 1.165) is 24.2 Å². The summed E-state index contributed by atoms with van der Waals surface area (Å²) in [4.78, 5) is 26.8. The minimum Gasteiger partial charge on any atom is -0.388 e. The minimum atomic E-state index is -1.39. The van der Waals surface area contributed by atoms with Crippen molar-refractivity contribution in [1.82, 2.24) is 4.90 Å². The summed E-state index contributed by atoms with van der Waals surface area (Å²) in [6.07, 6.45) is 14.2. The lowest BCUT2D eigenvalue weighted by atomic mass is 10.0. The summed E-state index contributed by atoms with van der Waals surface area (Å²) in [5, 5.41) is 21.4. The van der Waals surface area contributed by atoms with E-state index in [1.165, 1.54) is 58.5 Å². The Morgan fingerprint density at radius 1 is 0.886 bits per heavy atom. The molecule has 0 saturated carbocycles. The second-order valence-electron chi connectivity index (χ2n) is 9.25. The number of nitrogens with zero attached hydrogens (tertiary/aromatic N) is 1. The molecular formula is C28H43NO6. The first-order chi connectivity index (χ1) is 17.0. The molecule has 1 heterocycles. The molecule has 0 spiro atoms. The highest BCUT2D eigenvalue weighted by Gasteiger charge is 2.43. The van der Waals surface area contributed by atoms with Gasteiger partial charge in [-0.2, -0.15) is 0 Å². The quantitative estimate of drug-likeness (QED) is 0.125. The summed E-state index contributed by atoms with van der Waals surface area (Å²) in [5.41, 5.74) is 0.569. The van der Waals surface area contributed by atoms with E-state index in [1.54, 1.807) is 30.3 Å². The summed E-state index contributed by atoms with van der Waals surface area (Å²) in [6, 6.07) is 5.49. The maximum atomic E-state index is 12.9. The van der Waals surface area contributed by atoms with Crippen LogP contribution < -0.4 is 0 Å². The molecule has 7 heteroatoms. The third-order valence-electron chi connectivity index (χ3n) is 6.45. The first-order valence-electron chi connectivity index (χ1n) is 13.1. The molecule has 196 valence electrons. The number of hydrogen-bond acceptors (Lipinski definition) is 6. The highest BCUT2D eigenvalue weighted by atomic mass is 16.7. The van der Waals surface area contributed by atoms with Crippen molar-refractivity contribution in [2.75, 3.05) is 20.5 Å². The van der Waals surface area contributed by atoms with Gasteiger partial charge in [-0.1, -0.05) is 89.0 Å². The highest BCUT2D eigenvalue weighted by Crippen LogP contribution is 2.26. The largest absolute Gasteiger partial charge is 0.388 e. The zero-order valence-electron chi connectivity index (χ0n) is 21.4. The number of ether oxygens (including phenoxy) is 2. The first-order valence-corrected chi connectivity index (χ1v) is 13.1. The summed E-state index contributed by atoms with van der Waals surface area (Å²) in [5.74, 6) is -1.01. The van der Waals surface area contributed by atoms with Crippen LogP contribution in [0.3, 0.4) is 0 Å². The summed E-state index contributed by atoms with van der Waals surface area (Å²) < 4.78 is 10.3. The third-order valence-corrected chi connectivity index (χ3v) is 6.45. The van der Waals surface area contributed by atoms with Gasteiger partial charge in [0.1, 0.15) is 19.0 Å². The molecule has 7 nitrogen and oxygen atoms in total. The number of aliphatic hydroxyl groups excluding tert-OH is 2. The molecule has 2 amide bonds. The lowest BCUT2D eigenvalue weighted by molar-refractivity contribution is -0.0780. The van der Waals surface area contributed by atoms with E-state index >= 15 is 0 Å². The van der Waals surface area contributed by atoms with E-state index in [2.05, 4.69) is 6.92 Å². The van der Waals surface area contributed by atoms with Gasteiger partial charge in [-0.05, 0) is 25.0 Å². The van der Waals surface area contributed by atoms with E-state index in [4.69, 9.17) is 9.47 Å². The summed E-state index contributed by atoms with van der Waals surface area (Å²) in [7, 11) is 1.46. The van der Waals surface area contributed by atoms with E-state index in [9.17, 15) is 19.8 Å². The van der Waals surface area contributed by atoms with Gasteiger partial charge >= 0.3 is 0 Å². The Morgan fingerprint density at radius 3 is 1.97 bits per heavy atom. The number of imide groups is 1. The van der Waals surface area contributed by atoms with Crippen LogP contribution in [0.5, 0.6) is 0 Å². The Kier molecular flexibility index (Phi) is 13.8. The number of carbonyl (C=O) groups excluding carboxylic acids is 2. The van der Waals surface area contributed by atoms with Crippen LogP contribution in [-0.4, -0.2) is 65.7 Å². The maximum absolute atomic E-state index is 12.9. The average molecular weight is 490 g/mol. The molecule has 35 heavy (non-hydrogen) atoms. The minimum absolute atomic E-state index is 0.0585. The average Bonchev–Trinajstić information content (AvgIpc) is 3.12. The number of carbonyl (C=O) groups is 2. The van der Waals surface area contributed by atoms with E-state index in [1.807, 2.05) is 6.08 Å². The molecule has 1 aromatic rings. The number of methoxy groups -OCH3 is 1. The molecule has 0 unspecified atom stereocenters. The fraction of sp³-hybridized carbons (Fsp3) is 0.643. The van der Waals surface area contributed by atoms with Crippen molar-refractivity contribution in [3.05, 3.63) is 47.5 Å². The van der Waals surface area contributed by atoms with Crippen LogP contribution in [0.15, 0.2) is 36.4 Å². The molecule has 1 aliphatic rings. The molecular weight excluding hydrogens is 446 g/mol. The standard InChI is InChI=1S/C28H43NO6/c1-3-4-5-6-7-8-9-10-11-12-13-14-19-25(30)26(31)24(20-35-21-34-2)29-27(32)22-17-15-16-18-23(22)28(29)33/h14-19,24-26,30-31H,3-13,20-21H2,1-2H3/b19-14+/t24-,25-,26+/m1/s1. The Balaban J connectivity index is 1.81. The normalized spacial score (nSPS) is 16.2. The van der Waals surface area contributed by atoms with Crippen LogP contribution in [0.2, 0.25) is 0 Å². The molecule has 2 rings (SSSR count). The van der Waals surface area contributed by atoms with Crippen molar-refractivity contribution < 1.29 is 29.3 Å². The van der Waals surface area contributed by atoms with Crippen LogP contribution >= 0.6 is 0 Å². The Morgan fingerprint density at radius 2 is 1.43 bits per heavy atom. The van der Waals surface area contributed by atoms with Crippen molar-refractivity contribution in [3.63, 3.8) is 0 Å². The number of allylic oxidation sites excluding steroid dienone is 1. The molecule has 0 bridgehead atoms. The topological polar surface area (TPSA) is 96.3 Å². The Hall–Kier alpha value is -2.06. The Bertz CT molecular complexity index is 760. The van der Waals surface area contributed by atoms with Gasteiger partial charge in [0, 0.05) is 7.11 Å². The van der Waals surface area contributed by atoms with Gasteiger partial charge in [-0.25, -0.2) is 0 Å². The highest BCUT2D eigenvalue weighted by molar-refractivity contribution is 6.21. The molecule has 2 N–H and O–H groups in total. The van der Waals surface area contributed by atoms with Crippen LogP contribution in [-0.2, 0) is 9.47 Å². The second kappa shape index (κ2) is 16.6. The maximum Gasteiger partial charge on any atom is 0.261 e. The number of benzene rings is 1. The Labute approximate surface area is 210 Å². The molecule has 0 radical (unpaired) electrons. The van der Waals surface area contributed by atoms with E-state index < -0.39 is 30.1 Å². The summed E-state index contributed by atoms with van der Waals surface area (Å²) >= 11 is 0. The smallest absolute Gasteiger partial charge is 0.261 e. The monoisotopic (exact) mass is 489 g/mol. The SMILES string of the molecule is CCCCCCCCCCCC/C=C/[C@@H](O)[C@@H](O)[C@@H](COCOC)N1C(=O)c2ccccc2C1=O. The van der Waals surface area contributed by atoms with Crippen molar-refractivity contribution >= 4 is 11.8 Å². The zero-order valence-corrected chi connectivity index (χ0v) is 21.4. The van der Waals surface area contributed by atoms with Crippen LogP contribution in [0.4, 0.5) is 0 Å². The third kappa shape index (κ3) is 9.15. The molecule has 1 aliphatic heterocycles. The predicted octanol–water partition coefficient (Wildman–Crippen LogP) is 4.86. The predicted molar refractivity (Wildman–Crippen MR) is 136 cm³/mol. The number of hydrogen-bond donors (Lipinski definition) is 2. The van der Waals surface area contributed by atoms with Crippen LogP contribution in [0, 0.1) is 0 Å². The molecule has 0 saturated heterocycles. The van der Waals surface area contributed by atoms with E-state index in [-0.39, 0.29) is 24.5 Å². The molecule has 3 atom stereocenters. The first kappa shape index (κ1) is 29.2. The van der Waals surface area contributed by atoms with E-state index in [0.29, 0.717) is 0 Å². The summed E-state index contributed by atoms with van der Waals surface area (Å²) in [6.45, 7) is 2.03. The fourth-order valence-corrected chi connectivity index (χ4v) is 4.41. The molecule has 0 aromatic heterocycles. The number of unbranched alkanes of at least 4 members (excludes halogenated alkanes) is 10. The fourth-order valence-electron chi connectivity index (χ4n) is 4.41. The molecule has 0 fully saturated rings. The van der Waals surface area contributed by atoms with Crippen LogP contribution in [0.25, 0.3) is 0 Å². The number of aliphatic hydroxyl groups is 2. The van der Waals surface area contributed by atoms with Crippen molar-refractivity contribution in [3.8, 4) is 0 Å². The van der Waals surface area contributed by atoms with Crippen LogP contribution in [0.1, 0.15) is 98.3 Å². The van der Waals surface area contributed by atoms with Crippen molar-refractivity contribution in [2.24, 2.45) is 0 Å². The van der Waals surface area contributed by atoms with Gasteiger partial charge in [0.15, 0.2) is 0 Å². The van der Waals surface area contributed by atoms with Gasteiger partial charge in [-0.15, -0.1) is 0 Å². The lowest BCUT2D eigenvalue weighted by Crippen LogP contribution is -2.53. The molecule has 1 aromatic carbocycles. The second-order valence-corrected chi connectivity index (χ2v) is 9.25.